The molecule has 0 radical (unpaired) electrons. The first-order chi connectivity index (χ1) is 10.2. The van der Waals surface area contributed by atoms with E-state index in [1.807, 2.05) is 10.9 Å². The molecule has 0 fully saturated rings. The van der Waals surface area contributed by atoms with Crippen LogP contribution >= 0.6 is 11.3 Å². The maximum atomic E-state index is 4.48. The number of benzene rings is 1. The summed E-state index contributed by atoms with van der Waals surface area (Å²) >= 11 is 1.80. The predicted octanol–water partition coefficient (Wildman–Crippen LogP) is 3.89. The zero-order chi connectivity index (χ0) is 14.7. The number of nitrogens with zero attached hydrogens (tertiary/aromatic N) is 2. The van der Waals surface area contributed by atoms with Crippen LogP contribution in [0.1, 0.15) is 25.0 Å². The van der Waals surface area contributed by atoms with Gasteiger partial charge < -0.3 is 5.32 Å². The van der Waals surface area contributed by atoms with Crippen LogP contribution < -0.4 is 5.32 Å². The molecule has 0 aliphatic carbocycles. The third-order valence-electron chi connectivity index (χ3n) is 3.46. The van der Waals surface area contributed by atoms with Crippen molar-refractivity contribution in [2.75, 3.05) is 6.54 Å². The summed E-state index contributed by atoms with van der Waals surface area (Å²) in [7, 11) is 0. The van der Waals surface area contributed by atoms with Gasteiger partial charge in [0.2, 0.25) is 0 Å². The Bertz CT molecular complexity index is 711. The molecule has 0 saturated heterocycles. The minimum absolute atomic E-state index is 0.678. The molecule has 3 rings (SSSR count). The SMILES string of the molecule is CC(C)CNCc1cnn(Cc2csc3ccccc23)c1. The van der Waals surface area contributed by atoms with Gasteiger partial charge in [0.05, 0.1) is 12.7 Å². The molecule has 2 aromatic heterocycles. The zero-order valence-corrected chi connectivity index (χ0v) is 13.4. The van der Waals surface area contributed by atoms with Crippen LogP contribution in [0.5, 0.6) is 0 Å². The van der Waals surface area contributed by atoms with Crippen LogP contribution in [0.2, 0.25) is 0 Å². The Labute approximate surface area is 129 Å². The summed E-state index contributed by atoms with van der Waals surface area (Å²) in [5, 5.41) is 11.5. The Morgan fingerprint density at radius 1 is 1.29 bits per heavy atom. The van der Waals surface area contributed by atoms with E-state index in [0.29, 0.717) is 5.92 Å². The van der Waals surface area contributed by atoms with Crippen LogP contribution in [0, 0.1) is 5.92 Å². The first-order valence-electron chi connectivity index (χ1n) is 7.39. The minimum Gasteiger partial charge on any atom is -0.312 e. The van der Waals surface area contributed by atoms with Gasteiger partial charge in [-0.15, -0.1) is 11.3 Å². The Morgan fingerprint density at radius 3 is 3.00 bits per heavy atom. The third kappa shape index (κ3) is 3.52. The number of nitrogens with one attached hydrogen (secondary N) is 1. The van der Waals surface area contributed by atoms with Gasteiger partial charge >= 0.3 is 0 Å². The molecule has 0 atom stereocenters. The number of thiophene rings is 1. The van der Waals surface area contributed by atoms with E-state index in [1.54, 1.807) is 11.3 Å². The highest BCUT2D eigenvalue weighted by atomic mass is 32.1. The first kappa shape index (κ1) is 14.3. The highest BCUT2D eigenvalue weighted by Crippen LogP contribution is 2.26. The molecular formula is C17H21N3S. The highest BCUT2D eigenvalue weighted by molar-refractivity contribution is 7.17. The summed E-state index contributed by atoms with van der Waals surface area (Å²) in [4.78, 5) is 0. The van der Waals surface area contributed by atoms with Gasteiger partial charge in [0, 0.05) is 23.0 Å². The van der Waals surface area contributed by atoms with Crippen LogP contribution in [0.15, 0.2) is 42.0 Å². The van der Waals surface area contributed by atoms with Gasteiger partial charge in [0.1, 0.15) is 0 Å². The molecule has 0 aliphatic rings. The molecular weight excluding hydrogens is 278 g/mol. The van der Waals surface area contributed by atoms with Crippen molar-refractivity contribution in [2.24, 2.45) is 5.92 Å². The van der Waals surface area contributed by atoms with Crippen molar-refractivity contribution in [1.82, 2.24) is 15.1 Å². The number of fused-ring (bicyclic) bond motifs is 1. The Hall–Kier alpha value is -1.65. The van der Waals surface area contributed by atoms with Crippen molar-refractivity contribution in [3.05, 3.63) is 53.2 Å². The second-order valence-corrected chi connectivity index (χ2v) is 6.74. The second kappa shape index (κ2) is 6.41. The van der Waals surface area contributed by atoms with Gasteiger partial charge in [-0.1, -0.05) is 32.0 Å². The molecule has 1 aromatic carbocycles. The van der Waals surface area contributed by atoms with Gasteiger partial charge in [-0.3, -0.25) is 4.68 Å². The number of hydrogen-bond acceptors (Lipinski definition) is 3. The molecule has 0 aliphatic heterocycles. The van der Waals surface area contributed by atoms with Gasteiger partial charge in [0.25, 0.3) is 0 Å². The fourth-order valence-electron chi connectivity index (χ4n) is 2.42. The fraction of sp³-hybridized carbons (Fsp3) is 0.353. The van der Waals surface area contributed by atoms with E-state index in [0.717, 1.165) is 19.6 Å². The maximum Gasteiger partial charge on any atom is 0.0673 e. The summed E-state index contributed by atoms with van der Waals surface area (Å²) < 4.78 is 3.37. The molecule has 0 bridgehead atoms. The predicted molar refractivity (Wildman–Crippen MR) is 89.7 cm³/mol. The van der Waals surface area contributed by atoms with Crippen molar-refractivity contribution >= 4 is 21.4 Å². The lowest BCUT2D eigenvalue weighted by atomic mass is 10.2. The Morgan fingerprint density at radius 2 is 2.14 bits per heavy atom. The largest absolute Gasteiger partial charge is 0.312 e. The molecule has 3 aromatic rings. The fourth-order valence-corrected chi connectivity index (χ4v) is 3.37. The van der Waals surface area contributed by atoms with Crippen molar-refractivity contribution in [2.45, 2.75) is 26.9 Å². The van der Waals surface area contributed by atoms with Gasteiger partial charge in [0.15, 0.2) is 0 Å². The Balaban J connectivity index is 1.67. The van der Waals surface area contributed by atoms with Crippen LogP contribution in [-0.2, 0) is 13.1 Å². The molecule has 21 heavy (non-hydrogen) atoms. The summed E-state index contributed by atoms with van der Waals surface area (Å²) in [5.74, 6) is 0.678. The van der Waals surface area contributed by atoms with Gasteiger partial charge in [-0.25, -0.2) is 0 Å². The lowest BCUT2D eigenvalue weighted by Crippen LogP contribution is -2.18. The standard InChI is InChI=1S/C17H21N3S/c1-13(2)7-18-8-14-9-19-20(10-14)11-15-12-21-17-6-4-3-5-16(15)17/h3-6,9-10,12-13,18H,7-8,11H2,1-2H3. The normalized spacial score (nSPS) is 11.6. The van der Waals surface area contributed by atoms with E-state index in [4.69, 9.17) is 0 Å². The van der Waals surface area contributed by atoms with E-state index < -0.39 is 0 Å². The topological polar surface area (TPSA) is 29.9 Å². The molecule has 1 N–H and O–H groups in total. The maximum absolute atomic E-state index is 4.48. The van der Waals surface area contributed by atoms with Crippen LogP contribution in [0.4, 0.5) is 0 Å². The van der Waals surface area contributed by atoms with E-state index in [1.165, 1.54) is 21.2 Å². The summed E-state index contributed by atoms with van der Waals surface area (Å²) in [6, 6.07) is 8.56. The summed E-state index contributed by atoms with van der Waals surface area (Å²) in [6.07, 6.45) is 4.10. The number of aromatic nitrogens is 2. The Kier molecular flexibility index (Phi) is 4.36. The number of rotatable bonds is 6. The first-order valence-corrected chi connectivity index (χ1v) is 8.27. The van der Waals surface area contributed by atoms with Crippen molar-refractivity contribution in [3.63, 3.8) is 0 Å². The second-order valence-electron chi connectivity index (χ2n) is 5.83. The molecule has 110 valence electrons. The number of hydrogen-bond donors (Lipinski definition) is 1. The van der Waals surface area contributed by atoms with Gasteiger partial charge in [-0.2, -0.15) is 5.10 Å². The molecule has 0 unspecified atom stereocenters. The minimum atomic E-state index is 0.678. The zero-order valence-electron chi connectivity index (χ0n) is 12.5. The average molecular weight is 299 g/mol. The summed E-state index contributed by atoms with van der Waals surface area (Å²) in [5.41, 5.74) is 2.59. The van der Waals surface area contributed by atoms with Crippen LogP contribution in [0.25, 0.3) is 10.1 Å². The quantitative estimate of drug-likeness (QED) is 0.748. The molecule has 2 heterocycles. The van der Waals surface area contributed by atoms with Crippen LogP contribution in [-0.4, -0.2) is 16.3 Å². The smallest absolute Gasteiger partial charge is 0.0673 e. The molecule has 4 heteroatoms. The van der Waals surface area contributed by atoms with Crippen LogP contribution in [0.3, 0.4) is 0 Å². The lowest BCUT2D eigenvalue weighted by molar-refractivity contribution is 0.552. The van der Waals surface area contributed by atoms with Crippen molar-refractivity contribution < 1.29 is 0 Å². The molecule has 0 saturated carbocycles. The molecule has 3 nitrogen and oxygen atoms in total. The lowest BCUT2D eigenvalue weighted by Gasteiger charge is -2.05. The van der Waals surface area contributed by atoms with E-state index in [-0.39, 0.29) is 0 Å². The molecule has 0 amide bonds. The highest BCUT2D eigenvalue weighted by Gasteiger charge is 2.05. The average Bonchev–Trinajstić information content (AvgIpc) is 3.07. The monoisotopic (exact) mass is 299 g/mol. The summed E-state index contributed by atoms with van der Waals surface area (Å²) in [6.45, 7) is 7.22. The van der Waals surface area contributed by atoms with E-state index in [9.17, 15) is 0 Å². The van der Waals surface area contributed by atoms with Crippen molar-refractivity contribution in [3.8, 4) is 0 Å². The van der Waals surface area contributed by atoms with Crippen molar-refractivity contribution in [1.29, 1.82) is 0 Å². The van der Waals surface area contributed by atoms with Gasteiger partial charge in [-0.05, 0) is 34.9 Å². The van der Waals surface area contributed by atoms with E-state index >= 15 is 0 Å². The molecule has 0 spiro atoms. The van der Waals surface area contributed by atoms with E-state index in [2.05, 4.69) is 60.1 Å². The third-order valence-corrected chi connectivity index (χ3v) is 4.47.